The number of esters is 2. The van der Waals surface area contributed by atoms with Crippen LogP contribution in [0, 0.1) is 0 Å². The predicted molar refractivity (Wildman–Crippen MR) is 262 cm³/mol. The summed E-state index contributed by atoms with van der Waals surface area (Å²) in [6.45, 7) is 1.81. The molecule has 1 aliphatic heterocycles. The highest BCUT2D eigenvalue weighted by molar-refractivity contribution is 7.61. The standard InChI is InChI=1S/C48H81N3O16P2/c1-3-5-6-7-8-9-10-13-17-20-23-26-29-32-43(53)62-36-40(65-44(54)33-30-27-24-21-18-15-12-11-14-16-19-22-25-28-31-39(52)4-2)37-63-68(58,59)67-69(60,61)64-38-41-45(55)46(56)47(66-41)51-35-34-42(49)50-48(51)57/h12,14-16,21-22,24-25,34-35,39-41,45-47,52,55-56H,3-11,13,17-20,23,26-33,36-38H2,1-2H3,(H,58,59)(H,60,61)(H2,49,50,57)/b15-12-,16-14-,24-21-,25-22-/t39-,40-,41-,45-,46-,47-/m1/s1. The van der Waals surface area contributed by atoms with E-state index in [0.29, 0.717) is 25.7 Å². The summed E-state index contributed by atoms with van der Waals surface area (Å²) in [5.41, 5.74) is 4.58. The van der Waals surface area contributed by atoms with Gasteiger partial charge < -0.3 is 45.1 Å². The van der Waals surface area contributed by atoms with Gasteiger partial charge in [0, 0.05) is 19.0 Å². The van der Waals surface area contributed by atoms with Crippen LogP contribution in [0.15, 0.2) is 65.7 Å². The number of carbonyl (C=O) groups excluding carboxylic acids is 2. The zero-order chi connectivity index (χ0) is 50.8. The number of nitrogens with two attached hydrogens (primary N) is 1. The molecule has 21 heteroatoms. The minimum Gasteiger partial charge on any atom is -0.462 e. The van der Waals surface area contributed by atoms with E-state index in [2.05, 4.69) is 46.6 Å². The van der Waals surface area contributed by atoms with Crippen molar-refractivity contribution in [1.29, 1.82) is 0 Å². The number of unbranched alkanes of at least 4 members (excludes halogenated alkanes) is 13. The molecule has 0 spiro atoms. The summed E-state index contributed by atoms with van der Waals surface area (Å²) in [4.78, 5) is 61.8. The lowest BCUT2D eigenvalue weighted by Crippen LogP contribution is -2.36. The number of aliphatic hydroxyl groups is 3. The van der Waals surface area contributed by atoms with Crippen LogP contribution in [0.5, 0.6) is 0 Å². The second kappa shape index (κ2) is 36.6. The molecule has 0 saturated carbocycles. The quantitative estimate of drug-likeness (QED) is 0.0155. The highest BCUT2D eigenvalue weighted by Gasteiger charge is 2.46. The molecule has 394 valence electrons. The molecule has 1 fully saturated rings. The van der Waals surface area contributed by atoms with E-state index in [1.54, 1.807) is 0 Å². The molecule has 0 bridgehead atoms. The van der Waals surface area contributed by atoms with Crippen molar-refractivity contribution in [2.75, 3.05) is 25.6 Å². The van der Waals surface area contributed by atoms with E-state index in [4.69, 9.17) is 29.0 Å². The number of rotatable bonds is 40. The van der Waals surface area contributed by atoms with Crippen molar-refractivity contribution in [1.82, 2.24) is 9.55 Å². The van der Waals surface area contributed by atoms with Gasteiger partial charge >= 0.3 is 33.3 Å². The van der Waals surface area contributed by atoms with Crippen molar-refractivity contribution in [3.8, 4) is 0 Å². The van der Waals surface area contributed by atoms with E-state index in [1.165, 1.54) is 57.4 Å². The lowest BCUT2D eigenvalue weighted by Gasteiger charge is -2.21. The largest absolute Gasteiger partial charge is 0.481 e. The molecule has 0 amide bonds. The molecular weight excluding hydrogens is 936 g/mol. The number of aromatic nitrogens is 2. The molecule has 19 nitrogen and oxygen atoms in total. The van der Waals surface area contributed by atoms with Crippen molar-refractivity contribution in [3.05, 3.63) is 71.4 Å². The number of nitrogen functional groups attached to an aromatic ring is 1. The number of hydrogen-bond acceptors (Lipinski definition) is 16. The fraction of sp³-hybridized carbons (Fsp3) is 0.708. The zero-order valence-corrected chi connectivity index (χ0v) is 42.5. The van der Waals surface area contributed by atoms with Gasteiger partial charge in [0.15, 0.2) is 12.3 Å². The van der Waals surface area contributed by atoms with Crippen LogP contribution in [-0.4, -0.2) is 96.9 Å². The molecule has 1 aromatic heterocycles. The molecule has 2 heterocycles. The number of ether oxygens (including phenoxy) is 3. The van der Waals surface area contributed by atoms with Crippen molar-refractivity contribution in [3.63, 3.8) is 0 Å². The first-order valence-electron chi connectivity index (χ1n) is 24.7. The maximum atomic E-state index is 12.8. The molecule has 1 aromatic rings. The van der Waals surface area contributed by atoms with Gasteiger partial charge in [-0.3, -0.25) is 23.2 Å². The van der Waals surface area contributed by atoms with Crippen molar-refractivity contribution in [2.24, 2.45) is 0 Å². The smallest absolute Gasteiger partial charge is 0.462 e. The fourth-order valence-corrected chi connectivity index (χ4v) is 9.16. The number of carbonyl (C=O) groups is 2. The molecule has 8 atom stereocenters. The van der Waals surface area contributed by atoms with Crippen molar-refractivity contribution in [2.45, 2.75) is 198 Å². The number of allylic oxidation sites excluding steroid dienone is 8. The summed E-state index contributed by atoms with van der Waals surface area (Å²) in [6.07, 6.45) is 30.0. The molecular formula is C48H81N3O16P2. The third-order valence-corrected chi connectivity index (χ3v) is 13.7. The summed E-state index contributed by atoms with van der Waals surface area (Å²) >= 11 is 0. The molecule has 2 unspecified atom stereocenters. The third-order valence-electron chi connectivity index (χ3n) is 11.1. The first kappa shape index (κ1) is 61.8. The average Bonchev–Trinajstić information content (AvgIpc) is 3.58. The van der Waals surface area contributed by atoms with Gasteiger partial charge in [0.25, 0.3) is 0 Å². The van der Waals surface area contributed by atoms with E-state index < -0.39 is 83.7 Å². The Labute approximate surface area is 408 Å². The zero-order valence-electron chi connectivity index (χ0n) is 40.7. The molecule has 0 aromatic carbocycles. The Morgan fingerprint density at radius 2 is 1.29 bits per heavy atom. The van der Waals surface area contributed by atoms with E-state index in [1.807, 2.05) is 25.2 Å². The normalized spacial score (nSPS) is 20.2. The molecule has 69 heavy (non-hydrogen) atoms. The predicted octanol–water partition coefficient (Wildman–Crippen LogP) is 8.75. The number of phosphoric acid groups is 2. The van der Waals surface area contributed by atoms with Gasteiger partial charge in [0.1, 0.15) is 30.7 Å². The monoisotopic (exact) mass is 1020 g/mol. The average molecular weight is 1020 g/mol. The van der Waals surface area contributed by atoms with Crippen LogP contribution in [0.3, 0.4) is 0 Å². The van der Waals surface area contributed by atoms with Crippen LogP contribution in [-0.2, 0) is 46.3 Å². The molecule has 1 saturated heterocycles. The summed E-state index contributed by atoms with van der Waals surface area (Å²) < 4.78 is 56.6. The van der Waals surface area contributed by atoms with E-state index in [9.17, 15) is 48.6 Å². The Hall–Kier alpha value is -3.32. The Balaban J connectivity index is 1.84. The second-order valence-corrected chi connectivity index (χ2v) is 20.2. The van der Waals surface area contributed by atoms with Gasteiger partial charge in [-0.2, -0.15) is 9.29 Å². The van der Waals surface area contributed by atoms with Gasteiger partial charge in [-0.05, 0) is 63.9 Å². The fourth-order valence-electron chi connectivity index (χ4n) is 7.05. The van der Waals surface area contributed by atoms with Gasteiger partial charge in [-0.25, -0.2) is 13.9 Å². The van der Waals surface area contributed by atoms with Crippen LogP contribution in [0.4, 0.5) is 5.82 Å². The minimum absolute atomic E-state index is 0.0386. The van der Waals surface area contributed by atoms with Gasteiger partial charge in [-0.1, -0.05) is 140 Å². The maximum absolute atomic E-state index is 12.8. The lowest BCUT2D eigenvalue weighted by molar-refractivity contribution is -0.161. The highest BCUT2D eigenvalue weighted by atomic mass is 31.3. The molecule has 7 N–H and O–H groups in total. The van der Waals surface area contributed by atoms with Crippen LogP contribution >= 0.6 is 15.6 Å². The number of aliphatic hydroxyl groups excluding tert-OH is 3. The summed E-state index contributed by atoms with van der Waals surface area (Å²) in [5, 5.41) is 30.5. The van der Waals surface area contributed by atoms with Crippen LogP contribution in [0.2, 0.25) is 0 Å². The third kappa shape index (κ3) is 29.6. The summed E-state index contributed by atoms with van der Waals surface area (Å²) in [7, 11) is -10.9. The highest BCUT2D eigenvalue weighted by Crippen LogP contribution is 2.60. The Morgan fingerprint density at radius 3 is 1.87 bits per heavy atom. The second-order valence-electron chi connectivity index (χ2n) is 17.1. The lowest BCUT2D eigenvalue weighted by atomic mass is 10.0. The molecule has 2 rings (SSSR count). The molecule has 0 aliphatic carbocycles. The first-order chi connectivity index (χ1) is 33.1. The molecule has 0 radical (unpaired) electrons. The SMILES string of the molecule is CCCCCCCCCCCCCCCC(=O)OC[C@H](COP(=O)(O)OP(=O)(O)OC[C@H]1O[C@@H](n2ccc(N)nc2=O)[C@H](O)[C@@H]1O)OC(=O)CCC/C=C\C/C=C\C/C=C\C/C=C\CC[C@H](O)CC. The van der Waals surface area contributed by atoms with Crippen molar-refractivity contribution < 1.29 is 71.4 Å². The molecule has 1 aliphatic rings. The Kier molecular flexibility index (Phi) is 32.8. The minimum atomic E-state index is -5.44. The number of nitrogens with zero attached hydrogens (tertiary/aromatic N) is 2. The Bertz CT molecular complexity index is 1860. The maximum Gasteiger partial charge on any atom is 0.481 e. The topological polar surface area (TPSA) is 286 Å². The number of phosphoric ester groups is 2. The van der Waals surface area contributed by atoms with Crippen molar-refractivity contribution >= 4 is 33.4 Å². The summed E-state index contributed by atoms with van der Waals surface area (Å²) in [6, 6.07) is 1.24. The van der Waals surface area contributed by atoms with Crippen LogP contribution < -0.4 is 11.4 Å². The van der Waals surface area contributed by atoms with Crippen LogP contribution in [0.25, 0.3) is 0 Å². The van der Waals surface area contributed by atoms with Crippen LogP contribution in [0.1, 0.15) is 168 Å². The van der Waals surface area contributed by atoms with E-state index in [-0.39, 0.29) is 24.8 Å². The number of anilines is 1. The Morgan fingerprint density at radius 1 is 0.754 bits per heavy atom. The van der Waals surface area contributed by atoms with E-state index in [0.717, 1.165) is 68.6 Å². The van der Waals surface area contributed by atoms with E-state index >= 15 is 0 Å². The number of hydrogen-bond donors (Lipinski definition) is 6. The van der Waals surface area contributed by atoms with Gasteiger partial charge in [-0.15, -0.1) is 0 Å². The first-order valence-corrected chi connectivity index (χ1v) is 27.7. The summed E-state index contributed by atoms with van der Waals surface area (Å²) in [5.74, 6) is -1.38. The van der Waals surface area contributed by atoms with Gasteiger partial charge in [0.05, 0.1) is 19.3 Å². The van der Waals surface area contributed by atoms with Gasteiger partial charge in [0.2, 0.25) is 0 Å².